The summed E-state index contributed by atoms with van der Waals surface area (Å²) < 4.78 is 0. The minimum Gasteiger partial charge on any atom is -0.322 e. The smallest absolute Gasteiger partial charge is 0.238 e. The highest BCUT2D eigenvalue weighted by Crippen LogP contribution is 1.99. The fourth-order valence-electron chi connectivity index (χ4n) is 0.685. The molecule has 60 valence electrons. The van der Waals surface area contributed by atoms with Crippen LogP contribution in [0.3, 0.4) is 0 Å². The molecule has 1 aromatic rings. The van der Waals surface area contributed by atoms with Gasteiger partial charge in [0.05, 0.1) is 18.4 Å². The summed E-state index contributed by atoms with van der Waals surface area (Å²) in [4.78, 5) is 10.9. The second-order valence-electron chi connectivity index (χ2n) is 2.07. The number of aromatic amines is 1. The summed E-state index contributed by atoms with van der Waals surface area (Å²) in [7, 11) is 1.72. The maximum atomic E-state index is 10.9. The molecule has 1 heterocycles. The molecule has 0 radical (unpaired) electrons. The monoisotopic (exact) mass is 154 g/mol. The summed E-state index contributed by atoms with van der Waals surface area (Å²) in [5.41, 5.74) is 0.685. The molecule has 0 saturated heterocycles. The Bertz CT molecular complexity index is 218. The fraction of sp³-hybridized carbons (Fsp3) is 0.333. The number of H-pyrrole nitrogens is 1. The van der Waals surface area contributed by atoms with Gasteiger partial charge in [0.25, 0.3) is 0 Å². The van der Waals surface area contributed by atoms with Crippen LogP contribution in [0.4, 0.5) is 5.69 Å². The molecule has 0 aromatic carbocycles. The Labute approximate surface area is 64.2 Å². The summed E-state index contributed by atoms with van der Waals surface area (Å²) in [5.74, 6) is -0.0751. The zero-order valence-electron chi connectivity index (χ0n) is 6.22. The second kappa shape index (κ2) is 3.72. The Morgan fingerprint density at radius 2 is 2.64 bits per heavy atom. The quantitative estimate of drug-likeness (QED) is 0.553. The lowest BCUT2D eigenvalue weighted by Gasteiger charge is -1.99. The van der Waals surface area contributed by atoms with Crippen molar-refractivity contribution in [1.29, 1.82) is 0 Å². The largest absolute Gasteiger partial charge is 0.322 e. The van der Waals surface area contributed by atoms with Gasteiger partial charge in [0, 0.05) is 6.20 Å². The van der Waals surface area contributed by atoms with Crippen LogP contribution in [-0.2, 0) is 4.79 Å². The molecule has 5 nitrogen and oxygen atoms in total. The number of hydrogen-bond donors (Lipinski definition) is 3. The number of amides is 1. The first-order valence-corrected chi connectivity index (χ1v) is 3.26. The average molecular weight is 154 g/mol. The van der Waals surface area contributed by atoms with Gasteiger partial charge in [-0.05, 0) is 7.05 Å². The van der Waals surface area contributed by atoms with E-state index in [1.165, 1.54) is 0 Å². The molecule has 1 amide bonds. The van der Waals surface area contributed by atoms with Crippen LogP contribution in [0.2, 0.25) is 0 Å². The molecular formula is C6H10N4O. The number of carbonyl (C=O) groups is 1. The number of rotatable bonds is 3. The van der Waals surface area contributed by atoms with Crippen LogP contribution >= 0.6 is 0 Å². The lowest BCUT2D eigenvalue weighted by molar-refractivity contribution is -0.115. The molecule has 0 unspecified atom stereocenters. The summed E-state index contributed by atoms with van der Waals surface area (Å²) in [6.45, 7) is 0.311. The Morgan fingerprint density at radius 1 is 1.82 bits per heavy atom. The molecule has 0 atom stereocenters. The normalized spacial score (nSPS) is 9.55. The molecule has 0 aliphatic carbocycles. The molecule has 3 N–H and O–H groups in total. The topological polar surface area (TPSA) is 69.8 Å². The van der Waals surface area contributed by atoms with Crippen molar-refractivity contribution < 1.29 is 4.79 Å². The van der Waals surface area contributed by atoms with Crippen molar-refractivity contribution in [3.8, 4) is 0 Å². The number of nitrogens with one attached hydrogen (secondary N) is 3. The Morgan fingerprint density at radius 3 is 3.18 bits per heavy atom. The zero-order valence-corrected chi connectivity index (χ0v) is 6.22. The van der Waals surface area contributed by atoms with E-state index in [0.29, 0.717) is 12.2 Å². The first kappa shape index (κ1) is 7.74. The predicted molar refractivity (Wildman–Crippen MR) is 41.1 cm³/mol. The van der Waals surface area contributed by atoms with Gasteiger partial charge in [0.2, 0.25) is 5.91 Å². The van der Waals surface area contributed by atoms with Gasteiger partial charge in [0.1, 0.15) is 0 Å². The number of aromatic nitrogens is 2. The van der Waals surface area contributed by atoms with Crippen LogP contribution in [-0.4, -0.2) is 29.7 Å². The van der Waals surface area contributed by atoms with Crippen molar-refractivity contribution in [2.24, 2.45) is 0 Å². The summed E-state index contributed by atoms with van der Waals surface area (Å²) in [6, 6.07) is 0. The van der Waals surface area contributed by atoms with E-state index < -0.39 is 0 Å². The van der Waals surface area contributed by atoms with Gasteiger partial charge in [-0.2, -0.15) is 5.10 Å². The van der Waals surface area contributed by atoms with E-state index >= 15 is 0 Å². The first-order valence-electron chi connectivity index (χ1n) is 3.26. The standard InChI is InChI=1S/C6H10N4O/c1-7-4-6(11)10-5-2-8-9-3-5/h2-3,7H,4H2,1H3,(H,8,9)(H,10,11). The summed E-state index contributed by atoms with van der Waals surface area (Å²) in [6.07, 6.45) is 3.17. The van der Waals surface area contributed by atoms with Crippen LogP contribution in [0.1, 0.15) is 0 Å². The Kier molecular flexibility index (Phi) is 2.62. The van der Waals surface area contributed by atoms with Gasteiger partial charge < -0.3 is 10.6 Å². The van der Waals surface area contributed by atoms with Crippen LogP contribution in [0.25, 0.3) is 0 Å². The van der Waals surface area contributed by atoms with E-state index in [9.17, 15) is 4.79 Å². The Balaban J connectivity index is 2.37. The molecule has 1 rings (SSSR count). The van der Waals surface area contributed by atoms with E-state index in [-0.39, 0.29) is 5.91 Å². The lowest BCUT2D eigenvalue weighted by Crippen LogP contribution is -2.24. The molecule has 0 aliphatic heterocycles. The number of anilines is 1. The highest BCUT2D eigenvalue weighted by atomic mass is 16.1. The van der Waals surface area contributed by atoms with Crippen molar-refractivity contribution in [3.05, 3.63) is 12.4 Å². The van der Waals surface area contributed by atoms with Crippen molar-refractivity contribution in [3.63, 3.8) is 0 Å². The molecule has 0 aliphatic rings. The van der Waals surface area contributed by atoms with Gasteiger partial charge in [-0.25, -0.2) is 0 Å². The number of nitrogens with zero attached hydrogens (tertiary/aromatic N) is 1. The van der Waals surface area contributed by atoms with Crippen molar-refractivity contribution in [1.82, 2.24) is 15.5 Å². The molecule has 0 bridgehead atoms. The van der Waals surface area contributed by atoms with Crippen molar-refractivity contribution >= 4 is 11.6 Å². The lowest BCUT2D eigenvalue weighted by atomic mass is 10.5. The van der Waals surface area contributed by atoms with Crippen LogP contribution in [0, 0.1) is 0 Å². The van der Waals surface area contributed by atoms with Gasteiger partial charge >= 0.3 is 0 Å². The summed E-state index contributed by atoms with van der Waals surface area (Å²) >= 11 is 0. The highest BCUT2D eigenvalue weighted by Gasteiger charge is 1.99. The molecule has 11 heavy (non-hydrogen) atoms. The summed E-state index contributed by atoms with van der Waals surface area (Å²) in [5, 5.41) is 11.6. The van der Waals surface area contributed by atoms with E-state index in [1.807, 2.05) is 0 Å². The van der Waals surface area contributed by atoms with Crippen LogP contribution < -0.4 is 10.6 Å². The molecule has 0 spiro atoms. The first-order chi connectivity index (χ1) is 5.33. The predicted octanol–water partition coefficient (Wildman–Crippen LogP) is -0.432. The Hall–Kier alpha value is -1.36. The van der Waals surface area contributed by atoms with Gasteiger partial charge in [-0.15, -0.1) is 0 Å². The maximum Gasteiger partial charge on any atom is 0.238 e. The van der Waals surface area contributed by atoms with E-state index in [2.05, 4.69) is 20.8 Å². The molecule has 0 fully saturated rings. The van der Waals surface area contributed by atoms with Gasteiger partial charge in [0.15, 0.2) is 0 Å². The van der Waals surface area contributed by atoms with E-state index in [4.69, 9.17) is 0 Å². The number of carbonyl (C=O) groups excluding carboxylic acids is 1. The fourth-order valence-corrected chi connectivity index (χ4v) is 0.685. The van der Waals surface area contributed by atoms with Crippen molar-refractivity contribution in [2.45, 2.75) is 0 Å². The minimum atomic E-state index is -0.0751. The van der Waals surface area contributed by atoms with Crippen molar-refractivity contribution in [2.75, 3.05) is 18.9 Å². The van der Waals surface area contributed by atoms with E-state index in [0.717, 1.165) is 0 Å². The van der Waals surface area contributed by atoms with E-state index in [1.54, 1.807) is 19.4 Å². The van der Waals surface area contributed by atoms with Gasteiger partial charge in [-0.3, -0.25) is 9.89 Å². The highest BCUT2D eigenvalue weighted by molar-refractivity contribution is 5.91. The second-order valence-corrected chi connectivity index (χ2v) is 2.07. The van der Waals surface area contributed by atoms with Crippen LogP contribution in [0.15, 0.2) is 12.4 Å². The van der Waals surface area contributed by atoms with Crippen LogP contribution in [0.5, 0.6) is 0 Å². The number of hydrogen-bond acceptors (Lipinski definition) is 3. The number of likely N-dealkylation sites (N-methyl/N-ethyl adjacent to an activating group) is 1. The molecule has 1 aromatic heterocycles. The molecule has 0 saturated carbocycles. The third-order valence-electron chi connectivity index (χ3n) is 1.12. The third kappa shape index (κ3) is 2.38. The zero-order chi connectivity index (χ0) is 8.10. The average Bonchev–Trinajstić information content (AvgIpc) is 2.40. The SMILES string of the molecule is CNCC(=O)Nc1cn[nH]c1. The maximum absolute atomic E-state index is 10.9. The third-order valence-corrected chi connectivity index (χ3v) is 1.12. The van der Waals surface area contributed by atoms with Gasteiger partial charge in [-0.1, -0.05) is 0 Å². The molecular weight excluding hydrogens is 144 g/mol. The minimum absolute atomic E-state index is 0.0751. The molecule has 5 heteroatoms.